The molecule has 0 heterocycles. The van der Waals surface area contributed by atoms with Gasteiger partial charge in [-0.25, -0.2) is 0 Å². The van der Waals surface area contributed by atoms with E-state index in [0.29, 0.717) is 0 Å². The fourth-order valence-corrected chi connectivity index (χ4v) is 1.95. The Morgan fingerprint density at radius 3 is 2.29 bits per heavy atom. The summed E-state index contributed by atoms with van der Waals surface area (Å²) in [5.41, 5.74) is 0.650. The van der Waals surface area contributed by atoms with Crippen molar-refractivity contribution < 1.29 is 9.90 Å². The summed E-state index contributed by atoms with van der Waals surface area (Å²) in [4.78, 5) is 11.8. The predicted molar refractivity (Wildman–Crippen MR) is 84.5 cm³/mol. The summed E-state index contributed by atoms with van der Waals surface area (Å²) >= 11 is 0. The van der Waals surface area contributed by atoms with Gasteiger partial charge in [-0.2, -0.15) is 0 Å². The second-order valence-corrected chi connectivity index (χ2v) is 5.10. The van der Waals surface area contributed by atoms with E-state index < -0.39 is 5.60 Å². The highest BCUT2D eigenvalue weighted by Crippen LogP contribution is 2.18. The highest BCUT2D eigenvalue weighted by Gasteiger charge is 2.22. The first-order valence-corrected chi connectivity index (χ1v) is 6.87. The van der Waals surface area contributed by atoms with Gasteiger partial charge in [0.25, 0.3) is 0 Å². The first-order chi connectivity index (χ1) is 10.1. The topological polar surface area (TPSA) is 49.3 Å². The molecule has 0 bridgehead atoms. The summed E-state index contributed by atoms with van der Waals surface area (Å²) in [5.74, 6) is -0.227. The molecule has 2 rings (SSSR count). The molecule has 0 aliphatic carbocycles. The number of carbonyl (C=O) groups excluding carboxylic acids is 1. The van der Waals surface area contributed by atoms with Crippen molar-refractivity contribution >= 4 is 12.0 Å². The third-order valence-corrected chi connectivity index (χ3v) is 3.23. The van der Waals surface area contributed by atoms with Gasteiger partial charge in [0.15, 0.2) is 0 Å². The Balaban J connectivity index is 1.91. The predicted octanol–water partition coefficient (Wildman–Crippen LogP) is 2.72. The summed E-state index contributed by atoms with van der Waals surface area (Å²) in [5, 5.41) is 13.1. The Hall–Kier alpha value is -2.39. The molecule has 0 aromatic heterocycles. The number of aliphatic hydroxyl groups is 1. The molecule has 0 aliphatic heterocycles. The van der Waals surface area contributed by atoms with Crippen LogP contribution in [0.25, 0.3) is 6.08 Å². The Labute approximate surface area is 124 Å². The maximum absolute atomic E-state index is 11.8. The average Bonchev–Trinajstić information content (AvgIpc) is 2.53. The van der Waals surface area contributed by atoms with Crippen LogP contribution in [0.5, 0.6) is 0 Å². The largest absolute Gasteiger partial charge is 0.384 e. The number of benzene rings is 2. The van der Waals surface area contributed by atoms with Crippen molar-refractivity contribution in [3.8, 4) is 0 Å². The minimum absolute atomic E-state index is 0.162. The summed E-state index contributed by atoms with van der Waals surface area (Å²) < 4.78 is 0. The Morgan fingerprint density at radius 2 is 1.67 bits per heavy atom. The van der Waals surface area contributed by atoms with Gasteiger partial charge in [-0.05, 0) is 24.1 Å². The zero-order chi connectivity index (χ0) is 15.1. The lowest BCUT2D eigenvalue weighted by molar-refractivity contribution is -0.117. The van der Waals surface area contributed by atoms with Crippen molar-refractivity contribution in [3.63, 3.8) is 0 Å². The van der Waals surface area contributed by atoms with Gasteiger partial charge in [0.05, 0.1) is 6.54 Å². The molecule has 2 aromatic carbocycles. The Bertz CT molecular complexity index is 604. The summed E-state index contributed by atoms with van der Waals surface area (Å²) in [7, 11) is 0. The number of carbonyl (C=O) groups is 1. The highest BCUT2D eigenvalue weighted by atomic mass is 16.3. The van der Waals surface area contributed by atoms with Crippen LogP contribution in [0.1, 0.15) is 18.1 Å². The quantitative estimate of drug-likeness (QED) is 0.828. The SMILES string of the molecule is CC(O)(CNC(=O)C=Cc1ccccc1)c1ccccc1. The van der Waals surface area contributed by atoms with Crippen molar-refractivity contribution in [2.75, 3.05) is 6.54 Å². The molecule has 3 heteroatoms. The Kier molecular flexibility index (Phi) is 4.90. The van der Waals surface area contributed by atoms with E-state index in [9.17, 15) is 9.90 Å². The molecule has 0 radical (unpaired) electrons. The molecule has 108 valence electrons. The molecule has 2 aromatic rings. The second-order valence-electron chi connectivity index (χ2n) is 5.10. The van der Waals surface area contributed by atoms with Gasteiger partial charge in [-0.3, -0.25) is 4.79 Å². The average molecular weight is 281 g/mol. The normalized spacial score (nSPS) is 13.8. The van der Waals surface area contributed by atoms with Gasteiger partial charge < -0.3 is 10.4 Å². The van der Waals surface area contributed by atoms with Crippen LogP contribution in [0.2, 0.25) is 0 Å². The molecular weight excluding hydrogens is 262 g/mol. The maximum atomic E-state index is 11.8. The molecule has 0 saturated heterocycles. The molecule has 0 saturated carbocycles. The molecule has 1 amide bonds. The minimum Gasteiger partial charge on any atom is -0.384 e. The summed E-state index contributed by atoms with van der Waals surface area (Å²) in [6.45, 7) is 1.85. The monoisotopic (exact) mass is 281 g/mol. The zero-order valence-electron chi connectivity index (χ0n) is 12.0. The molecule has 1 atom stereocenters. The lowest BCUT2D eigenvalue weighted by Gasteiger charge is -2.23. The van der Waals surface area contributed by atoms with E-state index in [4.69, 9.17) is 0 Å². The van der Waals surface area contributed by atoms with Crippen LogP contribution in [0.4, 0.5) is 0 Å². The van der Waals surface area contributed by atoms with Gasteiger partial charge in [-0.1, -0.05) is 60.7 Å². The van der Waals surface area contributed by atoms with E-state index >= 15 is 0 Å². The first kappa shape index (κ1) is 15.0. The van der Waals surface area contributed by atoms with E-state index in [2.05, 4.69) is 5.32 Å². The molecular formula is C18H19NO2. The minimum atomic E-state index is -1.09. The van der Waals surface area contributed by atoms with Crippen LogP contribution >= 0.6 is 0 Å². The number of hydrogen-bond donors (Lipinski definition) is 2. The van der Waals surface area contributed by atoms with Gasteiger partial charge in [-0.15, -0.1) is 0 Å². The molecule has 2 N–H and O–H groups in total. The van der Waals surface area contributed by atoms with E-state index in [-0.39, 0.29) is 12.5 Å². The van der Waals surface area contributed by atoms with Gasteiger partial charge >= 0.3 is 0 Å². The van der Waals surface area contributed by atoms with Crippen molar-refractivity contribution in [1.82, 2.24) is 5.32 Å². The van der Waals surface area contributed by atoms with E-state index in [1.54, 1.807) is 13.0 Å². The van der Waals surface area contributed by atoms with Crippen LogP contribution in [0.15, 0.2) is 66.7 Å². The van der Waals surface area contributed by atoms with E-state index in [1.807, 2.05) is 60.7 Å². The number of rotatable bonds is 5. The molecule has 0 spiro atoms. The molecule has 0 fully saturated rings. The third kappa shape index (κ3) is 4.58. The molecule has 21 heavy (non-hydrogen) atoms. The second kappa shape index (κ2) is 6.86. The standard InChI is InChI=1S/C18H19NO2/c1-18(21,16-10-6-3-7-11-16)14-19-17(20)13-12-15-8-4-2-5-9-15/h2-13,21H,14H2,1H3,(H,19,20). The third-order valence-electron chi connectivity index (χ3n) is 3.23. The number of amides is 1. The zero-order valence-corrected chi connectivity index (χ0v) is 12.0. The lowest BCUT2D eigenvalue weighted by atomic mass is 9.96. The molecule has 3 nitrogen and oxygen atoms in total. The Morgan fingerprint density at radius 1 is 1.10 bits per heavy atom. The van der Waals surface area contributed by atoms with Crippen molar-refractivity contribution in [2.24, 2.45) is 0 Å². The van der Waals surface area contributed by atoms with Crippen LogP contribution in [0, 0.1) is 0 Å². The van der Waals surface area contributed by atoms with Gasteiger partial charge in [0.1, 0.15) is 5.60 Å². The lowest BCUT2D eigenvalue weighted by Crippen LogP contribution is -2.37. The summed E-state index contributed by atoms with van der Waals surface area (Å²) in [6, 6.07) is 18.9. The van der Waals surface area contributed by atoms with Crippen molar-refractivity contribution in [3.05, 3.63) is 77.9 Å². The van der Waals surface area contributed by atoms with Crippen LogP contribution in [0.3, 0.4) is 0 Å². The fraction of sp³-hybridized carbons (Fsp3) is 0.167. The number of hydrogen-bond acceptors (Lipinski definition) is 2. The molecule has 1 unspecified atom stereocenters. The van der Waals surface area contributed by atoms with E-state index in [0.717, 1.165) is 11.1 Å². The van der Waals surface area contributed by atoms with Crippen molar-refractivity contribution in [1.29, 1.82) is 0 Å². The maximum Gasteiger partial charge on any atom is 0.244 e. The number of nitrogens with one attached hydrogen (secondary N) is 1. The van der Waals surface area contributed by atoms with Crippen molar-refractivity contribution in [2.45, 2.75) is 12.5 Å². The van der Waals surface area contributed by atoms with Crippen LogP contribution in [-0.2, 0) is 10.4 Å². The molecule has 0 aliphatic rings. The van der Waals surface area contributed by atoms with E-state index in [1.165, 1.54) is 6.08 Å². The summed E-state index contributed by atoms with van der Waals surface area (Å²) in [6.07, 6.45) is 3.21. The smallest absolute Gasteiger partial charge is 0.244 e. The highest BCUT2D eigenvalue weighted by molar-refractivity contribution is 5.91. The van der Waals surface area contributed by atoms with Gasteiger partial charge in [0.2, 0.25) is 5.91 Å². The van der Waals surface area contributed by atoms with Crippen LogP contribution in [-0.4, -0.2) is 17.6 Å². The fourth-order valence-electron chi connectivity index (χ4n) is 1.95. The first-order valence-electron chi connectivity index (χ1n) is 6.87. The van der Waals surface area contributed by atoms with Crippen LogP contribution < -0.4 is 5.32 Å². The van der Waals surface area contributed by atoms with Gasteiger partial charge in [0, 0.05) is 6.08 Å².